The molecule has 1 saturated heterocycles. The van der Waals surface area contributed by atoms with E-state index in [1.165, 1.54) is 12.8 Å². The Morgan fingerprint density at radius 2 is 1.93 bits per heavy atom. The molecule has 156 valence electrons. The number of alkyl halides is 3. The van der Waals surface area contributed by atoms with Crippen LogP contribution >= 0.6 is 0 Å². The van der Waals surface area contributed by atoms with Crippen LogP contribution in [0.25, 0.3) is 17.0 Å². The highest BCUT2D eigenvalue weighted by atomic mass is 19.4. The third kappa shape index (κ3) is 2.66. The van der Waals surface area contributed by atoms with Gasteiger partial charge in [-0.25, -0.2) is 9.97 Å². The Bertz CT molecular complexity index is 1130. The van der Waals surface area contributed by atoms with Gasteiger partial charge in [-0.2, -0.15) is 13.2 Å². The van der Waals surface area contributed by atoms with Crippen LogP contribution < -0.4 is 10.6 Å². The van der Waals surface area contributed by atoms with Crippen LogP contribution in [0.2, 0.25) is 0 Å². The van der Waals surface area contributed by atoms with E-state index >= 15 is 0 Å². The molecule has 5 nitrogen and oxygen atoms in total. The highest BCUT2D eigenvalue weighted by molar-refractivity contribution is 5.62. The smallest absolute Gasteiger partial charge is 0.365 e. The van der Waals surface area contributed by atoms with Crippen molar-refractivity contribution in [1.29, 1.82) is 0 Å². The Morgan fingerprint density at radius 1 is 1.10 bits per heavy atom. The van der Waals surface area contributed by atoms with E-state index < -0.39 is 11.6 Å². The van der Waals surface area contributed by atoms with Crippen LogP contribution in [0, 0.1) is 5.41 Å². The van der Waals surface area contributed by atoms with E-state index in [0.29, 0.717) is 34.1 Å². The van der Waals surface area contributed by atoms with Gasteiger partial charge in [0, 0.05) is 30.7 Å². The molecule has 1 spiro atoms. The number of hydrogen-bond donors (Lipinski definition) is 2. The van der Waals surface area contributed by atoms with Gasteiger partial charge in [-0.3, -0.25) is 4.40 Å². The molecule has 8 heteroatoms. The Hall–Kier alpha value is -2.61. The fourth-order valence-electron chi connectivity index (χ4n) is 4.85. The Balaban J connectivity index is 1.35. The molecule has 0 unspecified atom stereocenters. The summed E-state index contributed by atoms with van der Waals surface area (Å²) in [5.74, 6) is 0.785. The second kappa shape index (κ2) is 5.97. The first kappa shape index (κ1) is 18.2. The second-order valence-corrected chi connectivity index (χ2v) is 8.97. The molecule has 0 aromatic carbocycles. The number of hydrogen-bond acceptors (Lipinski definition) is 4. The third-order valence-corrected chi connectivity index (χ3v) is 7.14. The van der Waals surface area contributed by atoms with E-state index in [1.807, 2.05) is 18.2 Å². The molecule has 3 aromatic rings. The summed E-state index contributed by atoms with van der Waals surface area (Å²) in [5.41, 5.74) is 0.934. The lowest BCUT2D eigenvalue weighted by molar-refractivity contribution is -0.160. The summed E-state index contributed by atoms with van der Waals surface area (Å²) in [7, 11) is 0. The van der Waals surface area contributed by atoms with Gasteiger partial charge in [0.2, 0.25) is 0 Å². The normalized spacial score (nSPS) is 23.8. The van der Waals surface area contributed by atoms with Crippen LogP contribution in [0.3, 0.4) is 0 Å². The summed E-state index contributed by atoms with van der Waals surface area (Å²) in [5, 5.41) is 7.01. The molecule has 0 amide bonds. The number of halogens is 3. The van der Waals surface area contributed by atoms with Crippen molar-refractivity contribution < 1.29 is 13.2 Å². The van der Waals surface area contributed by atoms with Crippen molar-refractivity contribution in [2.75, 3.05) is 18.4 Å². The maximum atomic E-state index is 13.6. The van der Waals surface area contributed by atoms with Gasteiger partial charge in [0.05, 0.1) is 23.0 Å². The van der Waals surface area contributed by atoms with Gasteiger partial charge in [0.15, 0.2) is 0 Å². The summed E-state index contributed by atoms with van der Waals surface area (Å²) in [6.07, 6.45) is 1.76. The van der Waals surface area contributed by atoms with E-state index in [1.54, 1.807) is 28.9 Å². The highest BCUT2D eigenvalue weighted by Crippen LogP contribution is 2.58. The zero-order chi connectivity index (χ0) is 20.6. The van der Waals surface area contributed by atoms with E-state index in [-0.39, 0.29) is 12.8 Å². The topological polar surface area (TPSA) is 54.2 Å². The maximum Gasteiger partial charge on any atom is 0.398 e. The van der Waals surface area contributed by atoms with Crippen LogP contribution in [-0.4, -0.2) is 39.7 Å². The number of imidazole rings is 1. The van der Waals surface area contributed by atoms with Gasteiger partial charge in [0.1, 0.15) is 11.5 Å². The summed E-state index contributed by atoms with van der Waals surface area (Å²) in [4.78, 5) is 9.13. The molecule has 3 aliphatic rings. The second-order valence-electron chi connectivity index (χ2n) is 8.97. The summed E-state index contributed by atoms with van der Waals surface area (Å²) in [6, 6.07) is 9.31. The lowest BCUT2D eigenvalue weighted by atomic mass is 9.97. The van der Waals surface area contributed by atoms with Crippen LogP contribution in [0.5, 0.6) is 0 Å². The van der Waals surface area contributed by atoms with Crippen molar-refractivity contribution in [3.63, 3.8) is 0 Å². The number of nitrogens with zero attached hydrogens (tertiary/aromatic N) is 3. The summed E-state index contributed by atoms with van der Waals surface area (Å²) in [6.45, 7) is 1.96. The predicted octanol–water partition coefficient (Wildman–Crippen LogP) is 4.15. The van der Waals surface area contributed by atoms with Crippen molar-refractivity contribution in [3.05, 3.63) is 48.3 Å². The quantitative estimate of drug-likeness (QED) is 0.675. The van der Waals surface area contributed by atoms with Crippen molar-refractivity contribution in [3.8, 4) is 11.4 Å². The van der Waals surface area contributed by atoms with Crippen molar-refractivity contribution in [2.45, 2.75) is 43.3 Å². The van der Waals surface area contributed by atoms with Gasteiger partial charge in [-0.15, -0.1) is 0 Å². The third-order valence-electron chi connectivity index (χ3n) is 7.14. The lowest BCUT2D eigenvalue weighted by Gasteiger charge is -2.20. The van der Waals surface area contributed by atoms with Crippen molar-refractivity contribution in [2.24, 2.45) is 5.41 Å². The molecule has 0 bridgehead atoms. The monoisotopic (exact) mass is 413 g/mol. The average molecular weight is 413 g/mol. The molecule has 3 fully saturated rings. The molecule has 2 N–H and O–H groups in total. The molecule has 3 aromatic heterocycles. The van der Waals surface area contributed by atoms with Crippen molar-refractivity contribution in [1.82, 2.24) is 19.7 Å². The van der Waals surface area contributed by atoms with Crippen LogP contribution in [0.15, 0.2) is 42.7 Å². The van der Waals surface area contributed by atoms with E-state index in [9.17, 15) is 13.2 Å². The first-order valence-corrected chi connectivity index (χ1v) is 10.4. The predicted molar refractivity (Wildman–Crippen MR) is 107 cm³/mol. The molecular formula is C22H22F3N5. The minimum Gasteiger partial charge on any atom is -0.365 e. The number of pyridine rings is 2. The molecule has 2 aliphatic carbocycles. The highest BCUT2D eigenvalue weighted by Gasteiger charge is 2.64. The maximum absolute atomic E-state index is 13.6. The number of anilines is 1. The van der Waals surface area contributed by atoms with Gasteiger partial charge in [-0.1, -0.05) is 12.1 Å². The number of fused-ring (bicyclic) bond motifs is 1. The minimum absolute atomic E-state index is 0.140. The zero-order valence-corrected chi connectivity index (χ0v) is 16.3. The summed E-state index contributed by atoms with van der Waals surface area (Å²) < 4.78 is 42.5. The van der Waals surface area contributed by atoms with E-state index in [2.05, 4.69) is 15.6 Å². The SMILES string of the molecule is FC(F)(F)C1(c2ccc3ncc(-c4cccc(N[C@H]5CNCC56CC6)n4)n3c2)CC1. The molecule has 2 saturated carbocycles. The fourth-order valence-corrected chi connectivity index (χ4v) is 4.85. The molecule has 1 atom stereocenters. The largest absolute Gasteiger partial charge is 0.398 e. The Labute approximate surface area is 171 Å². The van der Waals surface area contributed by atoms with E-state index in [0.717, 1.165) is 18.9 Å². The summed E-state index contributed by atoms with van der Waals surface area (Å²) >= 11 is 0. The van der Waals surface area contributed by atoms with Crippen LogP contribution in [0.1, 0.15) is 31.2 Å². The first-order valence-electron chi connectivity index (χ1n) is 10.4. The fraction of sp³-hybridized carbons (Fsp3) is 0.455. The standard InChI is InChI=1S/C22H22F3N5/c23-22(24,25)21(8-9-21)14-4-5-19-27-10-16(30(19)12-14)15-2-1-3-18(28-15)29-17-11-26-13-20(17)6-7-20/h1-5,10,12,17,26H,6-9,11,13H2,(H,28,29)/t17-/m0/s1. The molecule has 30 heavy (non-hydrogen) atoms. The van der Waals surface area contributed by atoms with Crippen LogP contribution in [0.4, 0.5) is 19.0 Å². The van der Waals surface area contributed by atoms with Crippen molar-refractivity contribution >= 4 is 11.5 Å². The lowest BCUT2D eigenvalue weighted by Crippen LogP contribution is -2.29. The van der Waals surface area contributed by atoms with Gasteiger partial charge in [0.25, 0.3) is 0 Å². The average Bonchev–Trinajstić information content (AvgIpc) is 3.61. The van der Waals surface area contributed by atoms with Gasteiger partial charge in [-0.05, 0) is 49.4 Å². The number of nitrogens with one attached hydrogen (secondary N) is 2. The number of rotatable bonds is 4. The Kier molecular flexibility index (Phi) is 3.62. The molecule has 4 heterocycles. The first-order chi connectivity index (χ1) is 14.4. The van der Waals surface area contributed by atoms with Gasteiger partial charge >= 0.3 is 6.18 Å². The molecule has 1 aliphatic heterocycles. The molecule has 6 rings (SSSR count). The molecular weight excluding hydrogens is 391 g/mol. The van der Waals surface area contributed by atoms with Crippen LogP contribution in [-0.2, 0) is 5.41 Å². The minimum atomic E-state index is -4.24. The Morgan fingerprint density at radius 3 is 2.67 bits per heavy atom. The number of aromatic nitrogens is 3. The zero-order valence-electron chi connectivity index (χ0n) is 16.3. The van der Waals surface area contributed by atoms with E-state index in [4.69, 9.17) is 4.98 Å². The van der Waals surface area contributed by atoms with Gasteiger partial charge < -0.3 is 10.6 Å². The molecule has 0 radical (unpaired) electrons.